The van der Waals surface area contributed by atoms with Gasteiger partial charge in [0.15, 0.2) is 14.6 Å². The fourth-order valence-corrected chi connectivity index (χ4v) is 4.19. The maximum absolute atomic E-state index is 12.8. The van der Waals surface area contributed by atoms with Gasteiger partial charge in [0.1, 0.15) is 12.4 Å². The van der Waals surface area contributed by atoms with Crippen molar-refractivity contribution in [3.63, 3.8) is 0 Å². The predicted octanol–water partition coefficient (Wildman–Crippen LogP) is 0.732. The molecule has 1 fully saturated rings. The van der Waals surface area contributed by atoms with E-state index in [4.69, 9.17) is 4.74 Å². The number of amides is 1. The Labute approximate surface area is 149 Å². The number of piperidine rings is 1. The third-order valence-electron chi connectivity index (χ3n) is 4.43. The number of nitrogens with one attached hydrogen (secondary N) is 2. The van der Waals surface area contributed by atoms with Crippen LogP contribution in [-0.2, 0) is 14.6 Å². The number of ether oxygens (including phenoxy) is 1. The van der Waals surface area contributed by atoms with E-state index in [2.05, 4.69) is 10.6 Å². The van der Waals surface area contributed by atoms with Crippen LogP contribution in [0.4, 0.5) is 5.69 Å². The zero-order valence-corrected chi connectivity index (χ0v) is 15.9. The summed E-state index contributed by atoms with van der Waals surface area (Å²) in [5.74, 6) is 0.167. The molecule has 140 valence electrons. The summed E-state index contributed by atoms with van der Waals surface area (Å²) in [6, 6.07) is 7.02. The molecule has 25 heavy (non-hydrogen) atoms. The summed E-state index contributed by atoms with van der Waals surface area (Å²) in [6.45, 7) is 2.33. The van der Waals surface area contributed by atoms with E-state index >= 15 is 0 Å². The van der Waals surface area contributed by atoms with Gasteiger partial charge in [-0.3, -0.25) is 4.79 Å². The number of hydrogen-bond acceptors (Lipinski definition) is 6. The van der Waals surface area contributed by atoms with Crippen molar-refractivity contribution in [2.45, 2.75) is 17.6 Å². The molecule has 1 heterocycles. The first kappa shape index (κ1) is 19.7. The molecule has 1 aliphatic rings. The van der Waals surface area contributed by atoms with Crippen LogP contribution in [0.15, 0.2) is 24.3 Å². The van der Waals surface area contributed by atoms with Crippen molar-refractivity contribution < 1.29 is 17.9 Å². The minimum atomic E-state index is -3.53. The molecule has 2 rings (SSSR count). The van der Waals surface area contributed by atoms with Gasteiger partial charge in [0, 0.05) is 24.6 Å². The summed E-state index contributed by atoms with van der Waals surface area (Å²) >= 11 is 0. The molecule has 0 radical (unpaired) electrons. The lowest BCUT2D eigenvalue weighted by Gasteiger charge is -2.34. The lowest BCUT2D eigenvalue weighted by atomic mass is 9.95. The number of anilines is 1. The van der Waals surface area contributed by atoms with E-state index in [-0.39, 0.29) is 12.8 Å². The molecule has 0 aliphatic carbocycles. The number of benzene rings is 1. The maximum atomic E-state index is 12.8. The Morgan fingerprint density at radius 1 is 1.32 bits per heavy atom. The molecule has 1 aromatic carbocycles. The summed E-state index contributed by atoms with van der Waals surface area (Å²) in [5.41, 5.74) is 0.536. The number of rotatable bonds is 7. The summed E-state index contributed by atoms with van der Waals surface area (Å²) in [5, 5.41) is 5.87. The largest absolute Gasteiger partial charge is 0.492 e. The maximum Gasteiger partial charge on any atom is 0.245 e. The smallest absolute Gasteiger partial charge is 0.245 e. The molecule has 0 spiro atoms. The first-order chi connectivity index (χ1) is 11.7. The summed E-state index contributed by atoms with van der Waals surface area (Å²) in [7, 11) is 0.394. The summed E-state index contributed by atoms with van der Waals surface area (Å²) in [6.07, 6.45) is 1.69. The number of sulfone groups is 1. The van der Waals surface area contributed by atoms with Gasteiger partial charge in [-0.2, -0.15) is 0 Å². The van der Waals surface area contributed by atoms with E-state index in [0.29, 0.717) is 31.1 Å². The van der Waals surface area contributed by atoms with Gasteiger partial charge in [-0.05, 0) is 52.2 Å². The molecule has 7 nitrogen and oxygen atoms in total. The Hall–Kier alpha value is -1.64. The van der Waals surface area contributed by atoms with Crippen molar-refractivity contribution in [3.05, 3.63) is 24.3 Å². The highest BCUT2D eigenvalue weighted by Gasteiger charge is 2.48. The van der Waals surface area contributed by atoms with E-state index < -0.39 is 20.5 Å². The third-order valence-corrected chi connectivity index (χ3v) is 6.45. The monoisotopic (exact) mass is 369 g/mol. The van der Waals surface area contributed by atoms with Gasteiger partial charge in [0.05, 0.1) is 0 Å². The second-order valence-corrected chi connectivity index (χ2v) is 8.98. The SMILES string of the molecule is CN(C)CCOc1cccc(NC(=O)C2(S(C)(=O)=O)CCNCC2)c1. The van der Waals surface area contributed by atoms with Crippen LogP contribution in [0.25, 0.3) is 0 Å². The predicted molar refractivity (Wildman–Crippen MR) is 98.8 cm³/mol. The van der Waals surface area contributed by atoms with Crippen molar-refractivity contribution in [2.24, 2.45) is 0 Å². The molecule has 1 aliphatic heterocycles. The van der Waals surface area contributed by atoms with E-state index in [0.717, 1.165) is 12.8 Å². The Kier molecular flexibility index (Phi) is 6.42. The summed E-state index contributed by atoms with van der Waals surface area (Å²) < 4.78 is 28.9. The van der Waals surface area contributed by atoms with Crippen molar-refractivity contribution in [1.29, 1.82) is 0 Å². The van der Waals surface area contributed by atoms with Crippen LogP contribution >= 0.6 is 0 Å². The zero-order chi connectivity index (χ0) is 18.5. The molecule has 2 N–H and O–H groups in total. The average molecular weight is 369 g/mol. The van der Waals surface area contributed by atoms with E-state index in [1.165, 1.54) is 0 Å². The van der Waals surface area contributed by atoms with Crippen LogP contribution in [0.5, 0.6) is 5.75 Å². The average Bonchev–Trinajstić information content (AvgIpc) is 2.54. The van der Waals surface area contributed by atoms with Crippen LogP contribution in [0.2, 0.25) is 0 Å². The number of nitrogens with zero attached hydrogens (tertiary/aromatic N) is 1. The highest BCUT2D eigenvalue weighted by atomic mass is 32.2. The minimum Gasteiger partial charge on any atom is -0.492 e. The van der Waals surface area contributed by atoms with Crippen molar-refractivity contribution in [1.82, 2.24) is 10.2 Å². The Morgan fingerprint density at radius 2 is 2.00 bits per heavy atom. The number of carbonyl (C=O) groups excluding carboxylic acids is 1. The van der Waals surface area contributed by atoms with Crippen molar-refractivity contribution in [3.8, 4) is 5.75 Å². The molecular weight excluding hydrogens is 342 g/mol. The topological polar surface area (TPSA) is 87.7 Å². The quantitative estimate of drug-likeness (QED) is 0.737. The first-order valence-corrected chi connectivity index (χ1v) is 10.2. The Bertz CT molecular complexity index is 698. The molecular formula is C17H27N3O4S. The van der Waals surface area contributed by atoms with Crippen molar-refractivity contribution in [2.75, 3.05) is 51.9 Å². The van der Waals surface area contributed by atoms with Crippen LogP contribution < -0.4 is 15.4 Å². The number of hydrogen-bond donors (Lipinski definition) is 2. The second-order valence-electron chi connectivity index (χ2n) is 6.65. The Morgan fingerprint density at radius 3 is 2.60 bits per heavy atom. The fraction of sp³-hybridized carbons (Fsp3) is 0.588. The second kappa shape index (κ2) is 8.16. The zero-order valence-electron chi connectivity index (χ0n) is 15.0. The van der Waals surface area contributed by atoms with E-state index in [1.807, 2.05) is 25.1 Å². The van der Waals surface area contributed by atoms with Gasteiger partial charge in [-0.1, -0.05) is 6.07 Å². The molecule has 1 amide bonds. The van der Waals surface area contributed by atoms with Crippen LogP contribution in [0.1, 0.15) is 12.8 Å². The Balaban J connectivity index is 2.11. The molecule has 1 aromatic rings. The molecule has 0 saturated carbocycles. The lowest BCUT2D eigenvalue weighted by Crippen LogP contribution is -2.55. The fourth-order valence-electron chi connectivity index (χ4n) is 2.85. The van der Waals surface area contributed by atoms with Gasteiger partial charge in [-0.15, -0.1) is 0 Å². The van der Waals surface area contributed by atoms with Gasteiger partial charge in [0.25, 0.3) is 0 Å². The third kappa shape index (κ3) is 4.93. The van der Waals surface area contributed by atoms with Crippen LogP contribution in [-0.4, -0.2) is 70.6 Å². The highest BCUT2D eigenvalue weighted by molar-refractivity contribution is 7.92. The van der Waals surface area contributed by atoms with Gasteiger partial charge in [0.2, 0.25) is 5.91 Å². The number of carbonyl (C=O) groups is 1. The molecule has 0 bridgehead atoms. The normalized spacial score (nSPS) is 17.3. The van der Waals surface area contributed by atoms with E-state index in [9.17, 15) is 13.2 Å². The molecule has 0 atom stereocenters. The van der Waals surface area contributed by atoms with Crippen molar-refractivity contribution >= 4 is 21.4 Å². The molecule has 8 heteroatoms. The molecule has 0 unspecified atom stereocenters. The minimum absolute atomic E-state index is 0.274. The van der Waals surface area contributed by atoms with Gasteiger partial charge >= 0.3 is 0 Å². The van der Waals surface area contributed by atoms with Crippen LogP contribution in [0.3, 0.4) is 0 Å². The van der Waals surface area contributed by atoms with Crippen LogP contribution in [0, 0.1) is 0 Å². The standard InChI is InChI=1S/C17H27N3O4S/c1-20(2)11-12-24-15-6-4-5-14(13-15)19-16(21)17(25(3,22)23)7-9-18-10-8-17/h4-6,13,18H,7-12H2,1-3H3,(H,19,21). The number of likely N-dealkylation sites (N-methyl/N-ethyl adjacent to an activating group) is 1. The highest BCUT2D eigenvalue weighted by Crippen LogP contribution is 2.30. The van der Waals surface area contributed by atoms with Gasteiger partial charge < -0.3 is 20.3 Å². The summed E-state index contributed by atoms with van der Waals surface area (Å²) in [4.78, 5) is 14.8. The molecule has 1 saturated heterocycles. The van der Waals surface area contributed by atoms with E-state index in [1.54, 1.807) is 18.2 Å². The molecule has 0 aromatic heterocycles. The lowest BCUT2D eigenvalue weighted by molar-refractivity contribution is -0.119. The first-order valence-electron chi connectivity index (χ1n) is 8.34. The van der Waals surface area contributed by atoms with Gasteiger partial charge in [-0.25, -0.2) is 8.42 Å².